The summed E-state index contributed by atoms with van der Waals surface area (Å²) < 4.78 is 38.1. The average Bonchev–Trinajstić information content (AvgIpc) is 2.89. The zero-order chi connectivity index (χ0) is 28.4. The third-order valence-electron chi connectivity index (χ3n) is 6.80. The number of rotatable bonds is 8. The van der Waals surface area contributed by atoms with Crippen LogP contribution in [0.3, 0.4) is 0 Å². The van der Waals surface area contributed by atoms with Gasteiger partial charge in [-0.3, -0.25) is 0 Å². The van der Waals surface area contributed by atoms with Crippen molar-refractivity contribution in [1.82, 2.24) is 0 Å². The van der Waals surface area contributed by atoms with Gasteiger partial charge in [0.1, 0.15) is 22.8 Å². The molecule has 0 bridgehead atoms. The topological polar surface area (TPSA) is 52.6 Å². The highest BCUT2D eigenvalue weighted by molar-refractivity contribution is 7.91. The van der Waals surface area contributed by atoms with Crippen LogP contribution in [0.25, 0.3) is 0 Å². The summed E-state index contributed by atoms with van der Waals surface area (Å²) in [4.78, 5) is 0.526. The van der Waals surface area contributed by atoms with Gasteiger partial charge in [-0.1, -0.05) is 64.1 Å². The van der Waals surface area contributed by atoms with Gasteiger partial charge >= 0.3 is 0 Å². The molecule has 39 heavy (non-hydrogen) atoms. The maximum Gasteiger partial charge on any atom is 0.206 e. The molecule has 0 heterocycles. The first-order chi connectivity index (χ1) is 18.3. The second-order valence-electron chi connectivity index (χ2n) is 11.7. The molecule has 0 atom stereocenters. The van der Waals surface area contributed by atoms with Gasteiger partial charge in [0, 0.05) is 5.41 Å². The summed E-state index contributed by atoms with van der Waals surface area (Å²) in [6.07, 6.45) is 0. The predicted molar refractivity (Wildman–Crippen MR) is 158 cm³/mol. The lowest BCUT2D eigenvalue weighted by Gasteiger charge is -2.27. The number of hydrogen-bond donors (Lipinski definition) is 0. The molecule has 0 aliphatic heterocycles. The van der Waals surface area contributed by atoms with E-state index in [0.29, 0.717) is 17.4 Å². The minimum atomic E-state index is -3.59. The van der Waals surface area contributed by atoms with E-state index in [9.17, 15) is 8.42 Å². The minimum Gasteiger partial charge on any atom is -0.488 e. The maximum absolute atomic E-state index is 13.1. The molecule has 0 saturated carbocycles. The first-order valence-electron chi connectivity index (χ1n) is 13.3. The fourth-order valence-electron chi connectivity index (χ4n) is 4.39. The lowest BCUT2D eigenvalue weighted by atomic mass is 9.78. The van der Waals surface area contributed by atoms with E-state index in [2.05, 4.69) is 52.0 Å². The van der Waals surface area contributed by atoms with Gasteiger partial charge in [0.05, 0.1) is 9.79 Å². The largest absolute Gasteiger partial charge is 0.488 e. The molecule has 5 heteroatoms. The molecule has 0 spiro atoms. The third kappa shape index (κ3) is 6.72. The number of hydrogen-bond acceptors (Lipinski definition) is 4. The van der Waals surface area contributed by atoms with Crippen LogP contribution >= 0.6 is 0 Å². The molecule has 0 radical (unpaired) electrons. The molecule has 4 rings (SSSR count). The van der Waals surface area contributed by atoms with E-state index in [1.165, 1.54) is 5.56 Å². The molecule has 0 saturated heterocycles. The standard InChI is InChI=1S/C34H38O4S/c1-24(2)25-8-20-31(21-9-25)39(35,36)32-22-18-29(19-23-32)37-28-14-10-26(11-15-28)34(6,7)27-12-16-30(17-13-27)38-33(3,4)5/h8-24H,1-7H3. The Hall–Kier alpha value is -3.57. The van der Waals surface area contributed by atoms with Crippen LogP contribution in [0.1, 0.15) is 71.1 Å². The van der Waals surface area contributed by atoms with Crippen LogP contribution < -0.4 is 9.47 Å². The molecule has 4 aromatic rings. The molecular formula is C34H38O4S. The van der Waals surface area contributed by atoms with Crippen molar-refractivity contribution in [3.63, 3.8) is 0 Å². The van der Waals surface area contributed by atoms with Gasteiger partial charge in [-0.15, -0.1) is 0 Å². The second kappa shape index (κ2) is 10.9. The Balaban J connectivity index is 1.45. The third-order valence-corrected chi connectivity index (χ3v) is 8.59. The average molecular weight is 543 g/mol. The minimum absolute atomic E-state index is 0.206. The van der Waals surface area contributed by atoms with Gasteiger partial charge in [-0.05, 0) is 104 Å². The molecule has 0 unspecified atom stereocenters. The summed E-state index contributed by atoms with van der Waals surface area (Å²) in [5, 5.41) is 0. The van der Waals surface area contributed by atoms with Gasteiger partial charge in [-0.25, -0.2) is 8.42 Å². The molecular weight excluding hydrogens is 504 g/mol. The lowest BCUT2D eigenvalue weighted by Crippen LogP contribution is -2.23. The van der Waals surface area contributed by atoms with Crippen molar-refractivity contribution in [3.8, 4) is 17.2 Å². The summed E-state index contributed by atoms with van der Waals surface area (Å²) >= 11 is 0. The smallest absolute Gasteiger partial charge is 0.206 e. The molecule has 0 aliphatic carbocycles. The molecule has 0 fully saturated rings. The lowest BCUT2D eigenvalue weighted by molar-refractivity contribution is 0.131. The van der Waals surface area contributed by atoms with E-state index < -0.39 is 9.84 Å². The molecule has 0 amide bonds. The molecule has 0 aromatic heterocycles. The van der Waals surface area contributed by atoms with E-state index >= 15 is 0 Å². The van der Waals surface area contributed by atoms with Crippen molar-refractivity contribution in [2.45, 2.75) is 75.2 Å². The van der Waals surface area contributed by atoms with Gasteiger partial charge < -0.3 is 9.47 Å². The Morgan fingerprint density at radius 2 is 0.949 bits per heavy atom. The summed E-state index contributed by atoms with van der Waals surface area (Å²) in [7, 11) is -3.59. The van der Waals surface area contributed by atoms with Crippen molar-refractivity contribution >= 4 is 9.84 Å². The fraction of sp³-hybridized carbons (Fsp3) is 0.294. The Kier molecular flexibility index (Phi) is 7.94. The van der Waals surface area contributed by atoms with E-state index in [0.717, 1.165) is 16.9 Å². The number of benzene rings is 4. The summed E-state index contributed by atoms with van der Waals surface area (Å²) in [6, 6.07) is 29.9. The second-order valence-corrected chi connectivity index (χ2v) is 13.6. The van der Waals surface area contributed by atoms with E-state index in [1.54, 1.807) is 36.4 Å². The van der Waals surface area contributed by atoms with Crippen molar-refractivity contribution in [1.29, 1.82) is 0 Å². The fourth-order valence-corrected chi connectivity index (χ4v) is 5.65. The summed E-state index contributed by atoms with van der Waals surface area (Å²) in [5.41, 5.74) is 3.01. The van der Waals surface area contributed by atoms with Crippen LogP contribution in [0.5, 0.6) is 17.2 Å². The number of sulfone groups is 1. The highest BCUT2D eigenvalue weighted by atomic mass is 32.2. The van der Waals surface area contributed by atoms with E-state index in [-0.39, 0.29) is 20.8 Å². The molecule has 0 aliphatic rings. The van der Waals surface area contributed by atoms with Crippen LogP contribution in [0.2, 0.25) is 0 Å². The molecule has 4 aromatic carbocycles. The summed E-state index contributed by atoms with van der Waals surface area (Å²) in [5.74, 6) is 2.46. The van der Waals surface area contributed by atoms with Crippen LogP contribution in [0.4, 0.5) is 0 Å². The first kappa shape index (κ1) is 28.4. The van der Waals surface area contributed by atoms with Crippen molar-refractivity contribution in [2.75, 3.05) is 0 Å². The van der Waals surface area contributed by atoms with E-state index in [1.807, 2.05) is 57.2 Å². The quantitative estimate of drug-likeness (QED) is 0.223. The normalized spacial score (nSPS) is 12.4. The van der Waals surface area contributed by atoms with Crippen LogP contribution in [0.15, 0.2) is 107 Å². The van der Waals surface area contributed by atoms with Gasteiger partial charge in [0.15, 0.2) is 0 Å². The van der Waals surface area contributed by atoms with Crippen LogP contribution in [0, 0.1) is 0 Å². The summed E-state index contributed by atoms with van der Waals surface area (Å²) in [6.45, 7) is 14.7. The SMILES string of the molecule is CC(C)c1ccc(S(=O)(=O)c2ccc(Oc3ccc(C(C)(C)c4ccc(OC(C)(C)C)cc4)cc3)cc2)cc1. The Bertz CT molecular complexity index is 1490. The van der Waals surface area contributed by atoms with Gasteiger partial charge in [-0.2, -0.15) is 0 Å². The predicted octanol–water partition coefficient (Wildman–Crippen LogP) is 8.94. The van der Waals surface area contributed by atoms with Gasteiger partial charge in [0.2, 0.25) is 9.84 Å². The van der Waals surface area contributed by atoms with Crippen molar-refractivity contribution in [2.24, 2.45) is 0 Å². The van der Waals surface area contributed by atoms with Crippen molar-refractivity contribution < 1.29 is 17.9 Å². The zero-order valence-corrected chi connectivity index (χ0v) is 24.7. The van der Waals surface area contributed by atoms with Gasteiger partial charge in [0.25, 0.3) is 0 Å². The van der Waals surface area contributed by atoms with Crippen LogP contribution in [-0.4, -0.2) is 14.0 Å². The van der Waals surface area contributed by atoms with E-state index in [4.69, 9.17) is 9.47 Å². The number of ether oxygens (including phenoxy) is 2. The van der Waals surface area contributed by atoms with Crippen molar-refractivity contribution in [3.05, 3.63) is 114 Å². The van der Waals surface area contributed by atoms with Crippen LogP contribution in [-0.2, 0) is 15.3 Å². The zero-order valence-electron chi connectivity index (χ0n) is 23.9. The molecule has 4 nitrogen and oxygen atoms in total. The maximum atomic E-state index is 13.1. The highest BCUT2D eigenvalue weighted by Crippen LogP contribution is 2.35. The Morgan fingerprint density at radius 1 is 0.564 bits per heavy atom. The Labute approximate surface area is 233 Å². The molecule has 0 N–H and O–H groups in total. The molecule has 204 valence electrons. The first-order valence-corrected chi connectivity index (χ1v) is 14.8. The Morgan fingerprint density at radius 3 is 1.36 bits per heavy atom. The highest BCUT2D eigenvalue weighted by Gasteiger charge is 2.24. The monoisotopic (exact) mass is 542 g/mol.